The number of hydrogen-bond donors (Lipinski definition) is 1. The molecule has 0 unspecified atom stereocenters. The van der Waals surface area contributed by atoms with Crippen molar-refractivity contribution in [3.8, 4) is 0 Å². The normalized spacial score (nSPS) is 16.2. The molecule has 0 spiro atoms. The molecular formula is C6H5NO2S. The molecule has 0 atom stereocenters. The van der Waals surface area contributed by atoms with Gasteiger partial charge in [-0.3, -0.25) is 0 Å². The second-order valence-electron chi connectivity index (χ2n) is 1.57. The summed E-state index contributed by atoms with van der Waals surface area (Å²) in [6.07, 6.45) is 4.84. The summed E-state index contributed by atoms with van der Waals surface area (Å²) in [5, 5.41) is 10.2. The fraction of sp³-hybridized carbons (Fsp3) is 0. The maximum absolute atomic E-state index is 10.3. The molecule has 1 N–H and O–H groups in total. The Morgan fingerprint density at radius 2 is 2.40 bits per heavy atom. The summed E-state index contributed by atoms with van der Waals surface area (Å²) < 4.78 is 3.68. The fourth-order valence-electron chi connectivity index (χ4n) is 0.455. The molecule has 1 aliphatic rings. The summed E-state index contributed by atoms with van der Waals surface area (Å²) in [5.41, 5.74) is 0.0787. The molecule has 0 amide bonds. The van der Waals surface area contributed by atoms with Crippen molar-refractivity contribution in [3.63, 3.8) is 0 Å². The largest absolute Gasteiger partial charge is 0.476 e. The number of carbonyl (C=O) groups is 1. The van der Waals surface area contributed by atoms with Gasteiger partial charge < -0.3 is 5.11 Å². The van der Waals surface area contributed by atoms with Crippen molar-refractivity contribution in [2.24, 2.45) is 4.40 Å². The van der Waals surface area contributed by atoms with E-state index in [1.165, 1.54) is 6.08 Å². The van der Waals surface area contributed by atoms with Gasteiger partial charge in [0.1, 0.15) is 0 Å². The molecule has 52 valence electrons. The topological polar surface area (TPSA) is 49.7 Å². The van der Waals surface area contributed by atoms with Crippen LogP contribution < -0.4 is 0 Å². The summed E-state index contributed by atoms with van der Waals surface area (Å²) in [5.74, 6) is -0.993. The van der Waals surface area contributed by atoms with Crippen LogP contribution in [-0.2, 0) is 4.79 Å². The van der Waals surface area contributed by atoms with E-state index in [4.69, 9.17) is 5.11 Å². The van der Waals surface area contributed by atoms with Crippen LogP contribution in [0.2, 0.25) is 0 Å². The quantitative estimate of drug-likeness (QED) is 0.579. The summed E-state index contributed by atoms with van der Waals surface area (Å²) in [6, 6.07) is 0. The zero-order valence-electron chi connectivity index (χ0n) is 5.02. The van der Waals surface area contributed by atoms with Crippen LogP contribution in [0.3, 0.4) is 0 Å². The molecule has 0 saturated carbocycles. The predicted octanol–water partition coefficient (Wildman–Crippen LogP) is 1.24. The number of hydrogen-bond acceptors (Lipinski definition) is 3. The second kappa shape index (κ2) is 3.22. The Bertz CT molecular complexity index is 230. The van der Waals surface area contributed by atoms with E-state index >= 15 is 0 Å². The van der Waals surface area contributed by atoms with Gasteiger partial charge in [-0.05, 0) is 11.5 Å². The third-order valence-electron chi connectivity index (χ3n) is 0.875. The molecule has 0 aromatic carbocycles. The van der Waals surface area contributed by atoms with Gasteiger partial charge in [-0.15, -0.1) is 0 Å². The molecule has 10 heavy (non-hydrogen) atoms. The van der Waals surface area contributed by atoms with Crippen LogP contribution >= 0.6 is 11.9 Å². The van der Waals surface area contributed by atoms with Gasteiger partial charge in [0.25, 0.3) is 0 Å². The summed E-state index contributed by atoms with van der Waals surface area (Å²) >= 11 is 1.12. The minimum atomic E-state index is -0.993. The van der Waals surface area contributed by atoms with E-state index in [2.05, 4.69) is 4.40 Å². The first-order valence-electron chi connectivity index (χ1n) is 2.61. The zero-order valence-corrected chi connectivity index (χ0v) is 5.84. The molecule has 0 saturated heterocycles. The van der Waals surface area contributed by atoms with Crippen molar-refractivity contribution < 1.29 is 9.90 Å². The van der Waals surface area contributed by atoms with E-state index in [0.717, 1.165) is 11.9 Å². The molecule has 4 heteroatoms. The Morgan fingerprint density at radius 3 is 3.10 bits per heavy atom. The monoisotopic (exact) mass is 155 g/mol. The molecule has 0 aliphatic carbocycles. The van der Waals surface area contributed by atoms with E-state index in [9.17, 15) is 4.79 Å². The minimum Gasteiger partial charge on any atom is -0.476 e. The van der Waals surface area contributed by atoms with Crippen molar-refractivity contribution in [1.29, 1.82) is 0 Å². The number of carboxylic acids is 1. The van der Waals surface area contributed by atoms with E-state index in [1.807, 2.05) is 0 Å². The van der Waals surface area contributed by atoms with E-state index in [0.29, 0.717) is 0 Å². The van der Waals surface area contributed by atoms with Crippen LogP contribution in [0, 0.1) is 0 Å². The first-order chi connectivity index (χ1) is 4.80. The van der Waals surface area contributed by atoms with Crippen LogP contribution in [0.15, 0.2) is 28.0 Å². The SMILES string of the molecule is O=C(O)C1=NSC=CC=C1. The average molecular weight is 155 g/mol. The number of carboxylic acid groups (broad SMARTS) is 1. The average Bonchev–Trinajstić information content (AvgIpc) is 2.12. The lowest BCUT2D eigenvalue weighted by Crippen LogP contribution is -2.08. The summed E-state index contributed by atoms with van der Waals surface area (Å²) in [7, 11) is 0. The Morgan fingerprint density at radius 1 is 1.60 bits per heavy atom. The van der Waals surface area contributed by atoms with Gasteiger partial charge in [-0.2, -0.15) is 0 Å². The molecule has 1 aliphatic heterocycles. The molecular weight excluding hydrogens is 150 g/mol. The minimum absolute atomic E-state index is 0.0787. The number of allylic oxidation sites excluding steroid dienone is 2. The fourth-order valence-corrected chi connectivity index (χ4v) is 0.930. The van der Waals surface area contributed by atoms with Gasteiger partial charge >= 0.3 is 5.97 Å². The van der Waals surface area contributed by atoms with E-state index in [-0.39, 0.29) is 5.71 Å². The highest BCUT2D eigenvalue weighted by Gasteiger charge is 2.04. The Hall–Kier alpha value is -1.03. The van der Waals surface area contributed by atoms with Gasteiger partial charge in [0, 0.05) is 11.9 Å². The Kier molecular flexibility index (Phi) is 2.28. The maximum Gasteiger partial charge on any atom is 0.355 e. The van der Waals surface area contributed by atoms with Gasteiger partial charge in [0.05, 0.1) is 0 Å². The first-order valence-corrected chi connectivity index (χ1v) is 3.44. The van der Waals surface area contributed by atoms with Gasteiger partial charge in [0.15, 0.2) is 5.71 Å². The van der Waals surface area contributed by atoms with Crippen molar-refractivity contribution in [1.82, 2.24) is 0 Å². The molecule has 0 aromatic rings. The van der Waals surface area contributed by atoms with Crippen LogP contribution in [0.1, 0.15) is 0 Å². The summed E-state index contributed by atoms with van der Waals surface area (Å²) in [4.78, 5) is 10.3. The van der Waals surface area contributed by atoms with Crippen LogP contribution in [0.25, 0.3) is 0 Å². The van der Waals surface area contributed by atoms with Gasteiger partial charge in [-0.25, -0.2) is 9.19 Å². The number of rotatable bonds is 1. The first kappa shape index (κ1) is 7.08. The standard InChI is InChI=1S/C6H5NO2S/c8-6(9)5-3-1-2-4-10-7-5/h1-4H,(H,8,9). The highest BCUT2D eigenvalue weighted by atomic mass is 32.2. The lowest BCUT2D eigenvalue weighted by molar-refractivity contribution is -0.129. The van der Waals surface area contributed by atoms with Crippen LogP contribution in [0.5, 0.6) is 0 Å². The zero-order chi connectivity index (χ0) is 7.40. The third kappa shape index (κ3) is 1.73. The van der Waals surface area contributed by atoms with Crippen molar-refractivity contribution in [2.45, 2.75) is 0 Å². The number of aliphatic carboxylic acids is 1. The van der Waals surface area contributed by atoms with Crippen LogP contribution in [0.4, 0.5) is 0 Å². The predicted molar refractivity (Wildman–Crippen MR) is 40.9 cm³/mol. The highest BCUT2D eigenvalue weighted by molar-refractivity contribution is 8.01. The van der Waals surface area contributed by atoms with E-state index < -0.39 is 5.97 Å². The lowest BCUT2D eigenvalue weighted by atomic mass is 10.3. The second-order valence-corrected chi connectivity index (χ2v) is 2.24. The van der Waals surface area contributed by atoms with Gasteiger partial charge in [0.2, 0.25) is 0 Å². The lowest BCUT2D eigenvalue weighted by Gasteiger charge is -1.87. The smallest absolute Gasteiger partial charge is 0.355 e. The van der Waals surface area contributed by atoms with Crippen LogP contribution in [-0.4, -0.2) is 16.8 Å². The highest BCUT2D eigenvalue weighted by Crippen LogP contribution is 2.08. The third-order valence-corrected chi connectivity index (χ3v) is 1.46. The number of nitrogens with zero attached hydrogens (tertiary/aromatic N) is 1. The molecule has 1 rings (SSSR count). The molecule has 0 bridgehead atoms. The molecule has 0 fully saturated rings. The molecule has 0 radical (unpaired) electrons. The van der Waals surface area contributed by atoms with E-state index in [1.54, 1.807) is 17.6 Å². The molecule has 0 aromatic heterocycles. The Balaban J connectivity index is 2.78. The summed E-state index contributed by atoms with van der Waals surface area (Å²) in [6.45, 7) is 0. The van der Waals surface area contributed by atoms with Gasteiger partial charge in [-0.1, -0.05) is 12.2 Å². The van der Waals surface area contributed by atoms with Crippen molar-refractivity contribution in [3.05, 3.63) is 23.6 Å². The maximum atomic E-state index is 10.3. The molecule has 1 heterocycles. The van der Waals surface area contributed by atoms with Crippen molar-refractivity contribution >= 4 is 23.6 Å². The molecule has 3 nitrogen and oxygen atoms in total. The van der Waals surface area contributed by atoms with Crippen molar-refractivity contribution in [2.75, 3.05) is 0 Å². The Labute approximate surface area is 62.3 Å².